The number of nitrogens with one attached hydrogen (secondary N) is 2. The summed E-state index contributed by atoms with van der Waals surface area (Å²) in [5.41, 5.74) is -4.81. The molecular formula is C41H79N3O13. The molecule has 7 N–H and O–H groups in total. The maximum Gasteiger partial charge on any atom is 0.311 e. The first-order valence-electron chi connectivity index (χ1n) is 21.0. The standard InChI is InChI=1S/C41H79N3O13/c1-14-30-40(9,49)35(46)23(2)21-43-24(3)20-39(8,48)36(57-38-33(45)29(44(10)11)18-25(4)53-38)26(5)34(27(6)37(47)55-30)56-32-19-31(52-13)41(50,28(7)54-32)22-42-16-15-17-51-12/h23-36,38,42-43,45-46,48-50H,14-22H2,1-13H3/t23-,24-,25-,26-,27-,28+,29+,30+,31-,32+,33-,34-,35+,36-,38+,39-,40-,41+/m1/s1. The average Bonchev–Trinajstić information content (AvgIpc) is 3.14. The Morgan fingerprint density at radius 1 is 0.982 bits per heavy atom. The van der Waals surface area contributed by atoms with Crippen molar-refractivity contribution in [2.45, 2.75) is 185 Å². The predicted octanol–water partition coefficient (Wildman–Crippen LogP) is 1.16. The maximum absolute atomic E-state index is 14.3. The number of esters is 1. The molecule has 3 heterocycles. The number of carbonyl (C=O) groups excluding carboxylic acids is 1. The van der Waals surface area contributed by atoms with E-state index in [9.17, 15) is 30.3 Å². The van der Waals surface area contributed by atoms with Gasteiger partial charge < -0.3 is 74.2 Å². The van der Waals surface area contributed by atoms with Crippen LogP contribution in [-0.4, -0.2) is 181 Å². The zero-order valence-corrected chi connectivity index (χ0v) is 37.0. The normalized spacial score (nSPS) is 45.9. The van der Waals surface area contributed by atoms with Crippen LogP contribution < -0.4 is 10.6 Å². The molecule has 16 heteroatoms. The van der Waals surface area contributed by atoms with Gasteiger partial charge in [-0.25, -0.2) is 0 Å². The molecule has 0 aromatic carbocycles. The Morgan fingerprint density at radius 2 is 1.65 bits per heavy atom. The van der Waals surface area contributed by atoms with E-state index in [1.165, 1.54) is 14.0 Å². The quantitative estimate of drug-likeness (QED) is 0.103. The van der Waals surface area contributed by atoms with Crippen LogP contribution in [0.1, 0.15) is 94.4 Å². The van der Waals surface area contributed by atoms with Crippen molar-refractivity contribution in [1.82, 2.24) is 15.5 Å². The lowest BCUT2D eigenvalue weighted by atomic mass is 9.78. The molecule has 16 nitrogen and oxygen atoms in total. The first kappa shape index (κ1) is 50.3. The third-order valence-corrected chi connectivity index (χ3v) is 12.7. The SMILES string of the molecule is CC[C@@H]1OC(=O)[C@H](C)[C@H](O[C@H]2C[C@@H](OC)[C@](O)(CNCCCOC)[C@H](C)O2)[C@@H](C)[C@@H](O[C@@H]2O[C@H](C)C[C@H](N(C)C)[C@H]2O)[C@](C)(O)C[C@@H](C)NC[C@@H](C)[C@H](O)[C@]1(C)O. The van der Waals surface area contributed by atoms with Crippen molar-refractivity contribution in [3.05, 3.63) is 0 Å². The minimum atomic E-state index is -1.79. The molecule has 57 heavy (non-hydrogen) atoms. The summed E-state index contributed by atoms with van der Waals surface area (Å²) >= 11 is 0. The number of aliphatic hydroxyl groups excluding tert-OH is 2. The van der Waals surface area contributed by atoms with E-state index < -0.39 is 95.8 Å². The number of nitrogens with zero attached hydrogens (tertiary/aromatic N) is 1. The molecule has 0 saturated carbocycles. The summed E-state index contributed by atoms with van der Waals surface area (Å²) < 4.78 is 43.1. The molecule has 0 unspecified atom stereocenters. The molecule has 18 atom stereocenters. The van der Waals surface area contributed by atoms with E-state index in [2.05, 4.69) is 10.6 Å². The Kier molecular flexibility index (Phi) is 19.1. The second-order valence-corrected chi connectivity index (χ2v) is 17.9. The van der Waals surface area contributed by atoms with E-state index >= 15 is 0 Å². The topological polar surface area (TPSA) is 210 Å². The van der Waals surface area contributed by atoms with Crippen molar-refractivity contribution in [1.29, 1.82) is 0 Å². The van der Waals surface area contributed by atoms with Gasteiger partial charge in [-0.05, 0) is 93.8 Å². The lowest BCUT2D eigenvalue weighted by molar-refractivity contribution is -0.319. The maximum atomic E-state index is 14.3. The summed E-state index contributed by atoms with van der Waals surface area (Å²) in [6.07, 6.45) is -7.57. The minimum absolute atomic E-state index is 0.105. The monoisotopic (exact) mass is 822 g/mol. The van der Waals surface area contributed by atoms with Gasteiger partial charge in [-0.3, -0.25) is 4.79 Å². The third-order valence-electron chi connectivity index (χ3n) is 12.7. The summed E-state index contributed by atoms with van der Waals surface area (Å²) in [4.78, 5) is 16.2. The van der Waals surface area contributed by atoms with Gasteiger partial charge in [0.1, 0.15) is 23.4 Å². The molecule has 3 saturated heterocycles. The van der Waals surface area contributed by atoms with Crippen LogP contribution in [0.4, 0.5) is 0 Å². The Bertz CT molecular complexity index is 1210. The first-order valence-corrected chi connectivity index (χ1v) is 21.0. The van der Waals surface area contributed by atoms with Crippen molar-refractivity contribution < 1.29 is 63.5 Å². The lowest BCUT2D eigenvalue weighted by Crippen LogP contribution is -2.64. The van der Waals surface area contributed by atoms with Crippen LogP contribution in [0.15, 0.2) is 0 Å². The molecule has 0 bridgehead atoms. The summed E-state index contributed by atoms with van der Waals surface area (Å²) in [5.74, 6) is -2.97. The van der Waals surface area contributed by atoms with E-state index in [0.717, 1.165) is 6.42 Å². The van der Waals surface area contributed by atoms with Gasteiger partial charge in [0.2, 0.25) is 0 Å². The van der Waals surface area contributed by atoms with Crippen molar-refractivity contribution in [2.24, 2.45) is 17.8 Å². The van der Waals surface area contributed by atoms with Crippen LogP contribution in [0.25, 0.3) is 0 Å². The Morgan fingerprint density at radius 3 is 2.25 bits per heavy atom. The van der Waals surface area contributed by atoms with Crippen molar-refractivity contribution in [3.63, 3.8) is 0 Å². The predicted molar refractivity (Wildman–Crippen MR) is 213 cm³/mol. The Labute approximate surface area is 341 Å². The molecule has 336 valence electrons. The fourth-order valence-electron chi connectivity index (χ4n) is 9.07. The molecule has 3 fully saturated rings. The van der Waals surface area contributed by atoms with E-state index in [1.54, 1.807) is 41.7 Å². The summed E-state index contributed by atoms with van der Waals surface area (Å²) in [5, 5.41) is 65.7. The molecule has 0 aromatic rings. The average molecular weight is 822 g/mol. The van der Waals surface area contributed by atoms with Crippen molar-refractivity contribution in [2.75, 3.05) is 54.6 Å². The largest absolute Gasteiger partial charge is 0.459 e. The Hall–Kier alpha value is -1.09. The van der Waals surface area contributed by atoms with E-state index in [1.807, 2.05) is 39.8 Å². The van der Waals surface area contributed by atoms with Crippen LogP contribution in [0.2, 0.25) is 0 Å². The molecule has 0 aliphatic carbocycles. The molecule has 3 aliphatic rings. The highest BCUT2D eigenvalue weighted by Gasteiger charge is 2.53. The summed E-state index contributed by atoms with van der Waals surface area (Å²) in [6.45, 7) is 17.4. The number of rotatable bonds is 13. The number of aliphatic hydroxyl groups is 5. The number of cyclic esters (lactones) is 1. The van der Waals surface area contributed by atoms with Crippen molar-refractivity contribution in [3.8, 4) is 0 Å². The number of hydrogen-bond acceptors (Lipinski definition) is 16. The van der Waals surface area contributed by atoms with Crippen LogP contribution in [0.5, 0.6) is 0 Å². The number of hydrogen-bond donors (Lipinski definition) is 7. The minimum Gasteiger partial charge on any atom is -0.459 e. The zero-order chi connectivity index (χ0) is 43.0. The van der Waals surface area contributed by atoms with Gasteiger partial charge in [-0.2, -0.15) is 0 Å². The van der Waals surface area contributed by atoms with E-state index in [-0.39, 0.29) is 44.0 Å². The third kappa shape index (κ3) is 12.5. The molecule has 0 spiro atoms. The number of methoxy groups -OCH3 is 2. The highest BCUT2D eigenvalue weighted by atomic mass is 16.7. The van der Waals surface area contributed by atoms with E-state index in [0.29, 0.717) is 26.1 Å². The van der Waals surface area contributed by atoms with Gasteiger partial charge in [0.05, 0.1) is 48.1 Å². The summed E-state index contributed by atoms with van der Waals surface area (Å²) in [7, 11) is 6.91. The van der Waals surface area contributed by atoms with E-state index in [4.69, 9.17) is 33.2 Å². The number of likely N-dealkylation sites (N-methyl/N-ethyl adjacent to an activating group) is 1. The molecule has 0 aromatic heterocycles. The van der Waals surface area contributed by atoms with Crippen LogP contribution in [0, 0.1) is 17.8 Å². The van der Waals surface area contributed by atoms with Gasteiger partial charge in [-0.1, -0.05) is 20.8 Å². The fourth-order valence-corrected chi connectivity index (χ4v) is 9.07. The molecule has 0 amide bonds. The van der Waals surface area contributed by atoms with Crippen molar-refractivity contribution >= 4 is 5.97 Å². The van der Waals surface area contributed by atoms with Crippen LogP contribution in [-0.2, 0) is 38.0 Å². The highest BCUT2D eigenvalue weighted by molar-refractivity contribution is 5.73. The molecule has 3 aliphatic heterocycles. The lowest BCUT2D eigenvalue weighted by Gasteiger charge is -2.49. The van der Waals surface area contributed by atoms with Gasteiger partial charge in [0.25, 0.3) is 0 Å². The van der Waals surface area contributed by atoms with Crippen LogP contribution in [0.3, 0.4) is 0 Å². The molecular weight excluding hydrogens is 742 g/mol. The number of ether oxygens (including phenoxy) is 7. The Balaban J connectivity index is 2.10. The summed E-state index contributed by atoms with van der Waals surface area (Å²) in [6, 6.07) is -0.595. The van der Waals surface area contributed by atoms with Gasteiger partial charge in [0.15, 0.2) is 12.6 Å². The zero-order valence-electron chi connectivity index (χ0n) is 37.0. The number of carbonyl (C=O) groups is 1. The van der Waals surface area contributed by atoms with Gasteiger partial charge in [-0.15, -0.1) is 0 Å². The second-order valence-electron chi connectivity index (χ2n) is 17.9. The second kappa shape index (κ2) is 21.6. The highest BCUT2D eigenvalue weighted by Crippen LogP contribution is 2.39. The molecule has 3 rings (SSSR count). The smallest absolute Gasteiger partial charge is 0.311 e. The van der Waals surface area contributed by atoms with Gasteiger partial charge >= 0.3 is 5.97 Å². The fraction of sp³-hybridized carbons (Fsp3) is 0.976. The van der Waals surface area contributed by atoms with Gasteiger partial charge in [0, 0.05) is 58.3 Å². The first-order chi connectivity index (χ1) is 26.5. The van der Waals surface area contributed by atoms with Crippen LogP contribution >= 0.6 is 0 Å². The molecule has 0 radical (unpaired) electrons.